The summed E-state index contributed by atoms with van der Waals surface area (Å²) in [4.78, 5) is 6.56. The monoisotopic (exact) mass is 459 g/mol. The van der Waals surface area contributed by atoms with Crippen molar-refractivity contribution in [3.63, 3.8) is 0 Å². The van der Waals surface area contributed by atoms with Gasteiger partial charge < -0.3 is 10.2 Å². The smallest absolute Gasteiger partial charge is 0.125 e. The van der Waals surface area contributed by atoms with Gasteiger partial charge in [0.25, 0.3) is 0 Å². The highest BCUT2D eigenvalue weighted by molar-refractivity contribution is 6.30. The van der Waals surface area contributed by atoms with E-state index in [4.69, 9.17) is 16.7 Å². The molecule has 0 bridgehead atoms. The molecule has 1 aromatic heterocycles. The summed E-state index contributed by atoms with van der Waals surface area (Å²) in [7, 11) is 0. The number of nitrogens with zero attached hydrogens (tertiary/aromatic N) is 4. The summed E-state index contributed by atoms with van der Waals surface area (Å²) in [5, 5.41) is 8.74. The van der Waals surface area contributed by atoms with E-state index >= 15 is 0 Å². The number of nitrogens with one attached hydrogen (secondary N) is 1. The van der Waals surface area contributed by atoms with Gasteiger partial charge in [-0.2, -0.15) is 5.10 Å². The third kappa shape index (κ3) is 6.01. The molecule has 5 nitrogen and oxygen atoms in total. The van der Waals surface area contributed by atoms with E-state index in [1.807, 2.05) is 28.9 Å². The van der Waals surface area contributed by atoms with Gasteiger partial charge in [-0.25, -0.2) is 9.67 Å². The van der Waals surface area contributed by atoms with Crippen LogP contribution < -0.4 is 5.32 Å². The van der Waals surface area contributed by atoms with Gasteiger partial charge in [0.1, 0.15) is 5.82 Å². The van der Waals surface area contributed by atoms with Gasteiger partial charge in [0.15, 0.2) is 0 Å². The third-order valence-corrected chi connectivity index (χ3v) is 6.35. The average molecular weight is 460 g/mol. The number of aliphatic imine (C=N–C) groups is 1. The lowest BCUT2D eigenvalue weighted by Gasteiger charge is -2.31. The highest BCUT2D eigenvalue weighted by atomic mass is 35.5. The van der Waals surface area contributed by atoms with Gasteiger partial charge in [0.05, 0.1) is 17.7 Å². The maximum atomic E-state index is 6.11. The van der Waals surface area contributed by atoms with Crippen LogP contribution in [0.5, 0.6) is 0 Å². The van der Waals surface area contributed by atoms with Crippen molar-refractivity contribution in [2.24, 2.45) is 4.99 Å². The first kappa shape index (κ1) is 23.0. The molecule has 0 spiro atoms. The third-order valence-electron chi connectivity index (χ3n) is 6.10. The quantitative estimate of drug-likeness (QED) is 0.324. The summed E-state index contributed by atoms with van der Waals surface area (Å²) in [6.45, 7) is 11.0. The number of aromatic nitrogens is 2. The second-order valence-electron chi connectivity index (χ2n) is 8.28. The molecule has 1 fully saturated rings. The summed E-state index contributed by atoms with van der Waals surface area (Å²) < 4.78 is 1.86. The number of piperidine rings is 1. The number of benzene rings is 2. The number of likely N-dealkylation sites (tertiary alicyclic amines) is 1. The molecule has 1 saturated heterocycles. The van der Waals surface area contributed by atoms with Crippen molar-refractivity contribution in [2.45, 2.75) is 25.2 Å². The molecule has 6 heteroatoms. The standard InChI is InChI=1S/C27H30ClN5/c1-3-29-20-30-21(2)33-27(24-9-11-25(28)12-10-24)19-26(31-33)23-14-17-32(18-15-23)16-13-22-7-5-4-6-8-22/h3-12,19-20,23H,1-2,13-18H2,(H,29,30). The molecule has 2 heterocycles. The molecule has 0 saturated carbocycles. The predicted octanol–water partition coefficient (Wildman–Crippen LogP) is 5.82. The van der Waals surface area contributed by atoms with E-state index in [1.165, 1.54) is 11.8 Å². The van der Waals surface area contributed by atoms with Crippen molar-refractivity contribution in [3.8, 4) is 11.3 Å². The predicted molar refractivity (Wildman–Crippen MR) is 138 cm³/mol. The summed E-state index contributed by atoms with van der Waals surface area (Å²) in [5.74, 6) is 1.07. The fourth-order valence-corrected chi connectivity index (χ4v) is 4.37. The maximum absolute atomic E-state index is 6.11. The average Bonchev–Trinajstić information content (AvgIpc) is 3.30. The number of hydrogen-bond acceptors (Lipinski definition) is 3. The van der Waals surface area contributed by atoms with Gasteiger partial charge in [-0.05, 0) is 56.1 Å². The van der Waals surface area contributed by atoms with Crippen LogP contribution in [0.15, 0.2) is 85.0 Å². The van der Waals surface area contributed by atoms with Crippen LogP contribution in [0.3, 0.4) is 0 Å². The van der Waals surface area contributed by atoms with Crippen molar-refractivity contribution < 1.29 is 0 Å². The summed E-state index contributed by atoms with van der Waals surface area (Å²) >= 11 is 6.11. The molecule has 33 heavy (non-hydrogen) atoms. The Morgan fingerprint density at radius 3 is 2.55 bits per heavy atom. The number of rotatable bonds is 9. The molecular formula is C27H30ClN5. The van der Waals surface area contributed by atoms with Crippen molar-refractivity contribution in [1.82, 2.24) is 20.0 Å². The van der Waals surface area contributed by atoms with E-state index < -0.39 is 0 Å². The van der Waals surface area contributed by atoms with Crippen LogP contribution in [0.4, 0.5) is 0 Å². The first-order valence-electron chi connectivity index (χ1n) is 11.3. The Morgan fingerprint density at radius 2 is 1.85 bits per heavy atom. The van der Waals surface area contributed by atoms with Crippen molar-refractivity contribution >= 4 is 23.8 Å². The van der Waals surface area contributed by atoms with Gasteiger partial charge in [-0.15, -0.1) is 0 Å². The van der Waals surface area contributed by atoms with Gasteiger partial charge in [0.2, 0.25) is 0 Å². The zero-order valence-electron chi connectivity index (χ0n) is 18.8. The van der Waals surface area contributed by atoms with E-state index in [2.05, 4.69) is 64.8 Å². The Bertz CT molecular complexity index is 1090. The molecule has 0 atom stereocenters. The Morgan fingerprint density at radius 1 is 1.12 bits per heavy atom. The minimum Gasteiger partial charge on any atom is -0.332 e. The molecule has 0 radical (unpaired) electrons. The molecule has 0 aliphatic carbocycles. The van der Waals surface area contributed by atoms with Crippen LogP contribution in [-0.4, -0.2) is 40.7 Å². The molecule has 0 unspecified atom stereocenters. The SMILES string of the molecule is C=CN=CNC(=C)n1nc(C2CCN(CCc3ccccc3)CC2)cc1-c1ccc(Cl)cc1. The minimum absolute atomic E-state index is 0.430. The molecule has 4 rings (SSSR count). The molecule has 1 N–H and O–H groups in total. The van der Waals surface area contributed by atoms with Crippen LogP contribution in [0.1, 0.15) is 30.0 Å². The zero-order chi connectivity index (χ0) is 23.0. The van der Waals surface area contributed by atoms with Gasteiger partial charge in [0, 0.05) is 29.2 Å². The number of halogens is 1. The van der Waals surface area contributed by atoms with E-state index in [-0.39, 0.29) is 0 Å². The first-order chi connectivity index (χ1) is 16.1. The van der Waals surface area contributed by atoms with Crippen LogP contribution in [0, 0.1) is 0 Å². The lowest BCUT2D eigenvalue weighted by molar-refractivity contribution is 0.213. The fourth-order valence-electron chi connectivity index (χ4n) is 4.24. The highest BCUT2D eigenvalue weighted by Gasteiger charge is 2.24. The van der Waals surface area contributed by atoms with E-state index in [0.29, 0.717) is 16.8 Å². The Balaban J connectivity index is 1.46. The normalized spacial score (nSPS) is 15.1. The van der Waals surface area contributed by atoms with Gasteiger partial charge in [-0.3, -0.25) is 0 Å². The molecule has 2 aromatic carbocycles. The fraction of sp³-hybridized carbons (Fsp3) is 0.259. The highest BCUT2D eigenvalue weighted by Crippen LogP contribution is 2.32. The molecule has 0 amide bonds. The summed E-state index contributed by atoms with van der Waals surface area (Å²) in [5.41, 5.74) is 4.53. The maximum Gasteiger partial charge on any atom is 0.125 e. The second-order valence-corrected chi connectivity index (χ2v) is 8.71. The van der Waals surface area contributed by atoms with Crippen LogP contribution >= 0.6 is 11.6 Å². The lowest BCUT2D eigenvalue weighted by Crippen LogP contribution is -2.34. The second kappa shape index (κ2) is 11.1. The minimum atomic E-state index is 0.430. The Kier molecular flexibility index (Phi) is 7.76. The van der Waals surface area contributed by atoms with Crippen LogP contribution in [-0.2, 0) is 6.42 Å². The number of hydrogen-bond donors (Lipinski definition) is 1. The largest absolute Gasteiger partial charge is 0.332 e. The van der Waals surface area contributed by atoms with Gasteiger partial charge >= 0.3 is 0 Å². The summed E-state index contributed by atoms with van der Waals surface area (Å²) in [6.07, 6.45) is 6.33. The van der Waals surface area contributed by atoms with Crippen molar-refractivity contribution in [3.05, 3.63) is 96.3 Å². The lowest BCUT2D eigenvalue weighted by atomic mass is 9.93. The molecule has 1 aliphatic rings. The van der Waals surface area contributed by atoms with E-state index in [9.17, 15) is 0 Å². The Hall–Kier alpha value is -3.15. The topological polar surface area (TPSA) is 45.5 Å². The molecule has 3 aromatic rings. The van der Waals surface area contributed by atoms with E-state index in [1.54, 1.807) is 6.34 Å². The van der Waals surface area contributed by atoms with Crippen LogP contribution in [0.2, 0.25) is 5.02 Å². The molecule has 1 aliphatic heterocycles. The molecular weight excluding hydrogens is 430 g/mol. The van der Waals surface area contributed by atoms with E-state index in [0.717, 1.165) is 55.8 Å². The zero-order valence-corrected chi connectivity index (χ0v) is 19.6. The van der Waals surface area contributed by atoms with Crippen molar-refractivity contribution in [1.29, 1.82) is 0 Å². The van der Waals surface area contributed by atoms with Crippen LogP contribution in [0.25, 0.3) is 17.1 Å². The van der Waals surface area contributed by atoms with Gasteiger partial charge in [-0.1, -0.05) is 67.2 Å². The van der Waals surface area contributed by atoms with Crippen molar-refractivity contribution in [2.75, 3.05) is 19.6 Å². The molecule has 170 valence electrons. The summed E-state index contributed by atoms with van der Waals surface area (Å²) in [6, 6.07) is 20.7. The Labute approximate surface area is 201 Å². The first-order valence-corrected chi connectivity index (χ1v) is 11.7.